The van der Waals surface area contributed by atoms with Gasteiger partial charge in [0.25, 0.3) is 0 Å². The van der Waals surface area contributed by atoms with Crippen molar-refractivity contribution in [3.05, 3.63) is 0 Å². The molecule has 1 unspecified atom stereocenters. The monoisotopic (exact) mass is 225 g/mol. The predicted octanol–water partition coefficient (Wildman–Crippen LogP) is 1.15. The molecule has 0 amide bonds. The van der Waals surface area contributed by atoms with Crippen LogP contribution < -0.4 is 5.32 Å². The lowest BCUT2D eigenvalue weighted by Crippen LogP contribution is -2.52. The first-order chi connectivity index (χ1) is 7.62. The molecule has 1 saturated heterocycles. The van der Waals surface area contributed by atoms with Gasteiger partial charge in [-0.1, -0.05) is 12.8 Å². The normalized spacial score (nSPS) is 30.4. The van der Waals surface area contributed by atoms with E-state index in [0.717, 1.165) is 6.04 Å². The molecule has 0 bridgehead atoms. The van der Waals surface area contributed by atoms with Crippen LogP contribution in [0.5, 0.6) is 0 Å². The molecular weight excluding hydrogens is 198 g/mol. The lowest BCUT2D eigenvalue weighted by atomic mass is 9.95. The zero-order valence-electron chi connectivity index (χ0n) is 11.1. The van der Waals surface area contributed by atoms with E-state index in [0.29, 0.717) is 5.54 Å². The molecule has 3 heteroatoms. The highest BCUT2D eigenvalue weighted by Gasteiger charge is 2.36. The quantitative estimate of drug-likeness (QED) is 0.774. The molecule has 1 heterocycles. The number of nitrogens with zero attached hydrogens (tertiary/aromatic N) is 2. The second-order valence-electron chi connectivity index (χ2n) is 5.95. The summed E-state index contributed by atoms with van der Waals surface area (Å²) < 4.78 is 0. The summed E-state index contributed by atoms with van der Waals surface area (Å²) in [6, 6.07) is 0.724. The smallest absolute Gasteiger partial charge is 0.0328 e. The third-order valence-electron chi connectivity index (χ3n) is 4.59. The summed E-state index contributed by atoms with van der Waals surface area (Å²) in [6.45, 7) is 3.66. The minimum Gasteiger partial charge on any atom is -0.311 e. The van der Waals surface area contributed by atoms with Gasteiger partial charge < -0.3 is 15.1 Å². The molecule has 94 valence electrons. The van der Waals surface area contributed by atoms with Crippen LogP contribution >= 0.6 is 0 Å². The molecule has 2 aliphatic rings. The Balaban J connectivity index is 1.83. The lowest BCUT2D eigenvalue weighted by Gasteiger charge is -2.37. The molecule has 1 N–H and O–H groups in total. The third-order valence-corrected chi connectivity index (χ3v) is 4.59. The standard InChI is InChI=1S/C13H27N3/c1-15(2)13(7-4-5-8-13)11-14-12-6-9-16(3)10-12/h12,14H,4-11H2,1-3H3. The van der Waals surface area contributed by atoms with E-state index in [-0.39, 0.29) is 0 Å². The van der Waals surface area contributed by atoms with E-state index in [1.54, 1.807) is 0 Å². The molecular formula is C13H27N3. The summed E-state index contributed by atoms with van der Waals surface area (Å²) in [4.78, 5) is 4.88. The Hall–Kier alpha value is -0.120. The molecule has 0 spiro atoms. The van der Waals surface area contributed by atoms with Crippen molar-refractivity contribution in [2.24, 2.45) is 0 Å². The van der Waals surface area contributed by atoms with Crippen molar-refractivity contribution in [3.63, 3.8) is 0 Å². The predicted molar refractivity (Wildman–Crippen MR) is 68.8 cm³/mol. The Kier molecular flexibility index (Phi) is 3.88. The fourth-order valence-electron chi connectivity index (χ4n) is 3.25. The maximum Gasteiger partial charge on any atom is 0.0328 e. The average Bonchev–Trinajstić information content (AvgIpc) is 2.84. The second kappa shape index (κ2) is 5.03. The summed E-state index contributed by atoms with van der Waals surface area (Å²) in [5.74, 6) is 0. The summed E-state index contributed by atoms with van der Waals surface area (Å²) in [7, 11) is 6.71. The first kappa shape index (κ1) is 12.3. The summed E-state index contributed by atoms with van der Waals surface area (Å²) in [6.07, 6.45) is 6.87. The van der Waals surface area contributed by atoms with Crippen molar-refractivity contribution >= 4 is 0 Å². The van der Waals surface area contributed by atoms with E-state index in [1.165, 1.54) is 51.7 Å². The van der Waals surface area contributed by atoms with E-state index in [9.17, 15) is 0 Å². The van der Waals surface area contributed by atoms with Crippen LogP contribution in [0.15, 0.2) is 0 Å². The number of hydrogen-bond donors (Lipinski definition) is 1. The van der Waals surface area contributed by atoms with Gasteiger partial charge in [0, 0.05) is 24.7 Å². The Bertz CT molecular complexity index is 221. The highest BCUT2D eigenvalue weighted by atomic mass is 15.2. The molecule has 0 aromatic rings. The van der Waals surface area contributed by atoms with Crippen molar-refractivity contribution < 1.29 is 0 Å². The summed E-state index contributed by atoms with van der Waals surface area (Å²) in [5, 5.41) is 3.79. The highest BCUT2D eigenvalue weighted by Crippen LogP contribution is 2.33. The van der Waals surface area contributed by atoms with Crippen LogP contribution in [-0.2, 0) is 0 Å². The minimum atomic E-state index is 0.446. The van der Waals surface area contributed by atoms with Crippen molar-refractivity contribution in [3.8, 4) is 0 Å². The van der Waals surface area contributed by atoms with Crippen molar-refractivity contribution in [2.45, 2.75) is 43.7 Å². The van der Waals surface area contributed by atoms with Crippen LogP contribution in [0.2, 0.25) is 0 Å². The molecule has 2 fully saturated rings. The molecule has 1 aliphatic carbocycles. The zero-order valence-corrected chi connectivity index (χ0v) is 11.1. The Morgan fingerprint density at radius 2 is 2.00 bits per heavy atom. The molecule has 0 aromatic carbocycles. The maximum absolute atomic E-state index is 3.79. The van der Waals surface area contributed by atoms with Crippen LogP contribution in [-0.4, -0.2) is 62.2 Å². The molecule has 1 aliphatic heterocycles. The van der Waals surface area contributed by atoms with Gasteiger partial charge in [-0.3, -0.25) is 0 Å². The number of likely N-dealkylation sites (tertiary alicyclic amines) is 1. The number of likely N-dealkylation sites (N-methyl/N-ethyl adjacent to an activating group) is 2. The Labute approximate surface area is 100 Å². The van der Waals surface area contributed by atoms with E-state index in [4.69, 9.17) is 0 Å². The fraction of sp³-hybridized carbons (Fsp3) is 1.00. The van der Waals surface area contributed by atoms with E-state index >= 15 is 0 Å². The van der Waals surface area contributed by atoms with Crippen molar-refractivity contribution in [1.29, 1.82) is 0 Å². The fourth-order valence-corrected chi connectivity index (χ4v) is 3.25. The van der Waals surface area contributed by atoms with Gasteiger partial charge in [-0.15, -0.1) is 0 Å². The Morgan fingerprint density at radius 3 is 2.50 bits per heavy atom. The van der Waals surface area contributed by atoms with Crippen molar-refractivity contribution in [1.82, 2.24) is 15.1 Å². The molecule has 0 radical (unpaired) electrons. The van der Waals surface area contributed by atoms with Gasteiger partial charge >= 0.3 is 0 Å². The highest BCUT2D eigenvalue weighted by molar-refractivity contribution is 4.95. The molecule has 0 aromatic heterocycles. The van der Waals surface area contributed by atoms with Gasteiger partial charge in [0.1, 0.15) is 0 Å². The average molecular weight is 225 g/mol. The van der Waals surface area contributed by atoms with Crippen LogP contribution in [0, 0.1) is 0 Å². The first-order valence-corrected chi connectivity index (χ1v) is 6.72. The van der Waals surface area contributed by atoms with Crippen LogP contribution in [0.4, 0.5) is 0 Å². The van der Waals surface area contributed by atoms with Crippen LogP contribution in [0.25, 0.3) is 0 Å². The van der Waals surface area contributed by atoms with Crippen LogP contribution in [0.1, 0.15) is 32.1 Å². The van der Waals surface area contributed by atoms with Gasteiger partial charge in [0.2, 0.25) is 0 Å². The van der Waals surface area contributed by atoms with Gasteiger partial charge in [-0.25, -0.2) is 0 Å². The number of rotatable bonds is 4. The van der Waals surface area contributed by atoms with Gasteiger partial charge in [-0.05, 0) is 47.0 Å². The summed E-state index contributed by atoms with van der Waals surface area (Å²) in [5.41, 5.74) is 0.446. The molecule has 3 nitrogen and oxygen atoms in total. The van der Waals surface area contributed by atoms with Crippen molar-refractivity contribution in [2.75, 3.05) is 40.8 Å². The second-order valence-corrected chi connectivity index (χ2v) is 5.95. The lowest BCUT2D eigenvalue weighted by molar-refractivity contribution is 0.149. The zero-order chi connectivity index (χ0) is 11.6. The van der Waals surface area contributed by atoms with E-state index in [1.807, 2.05) is 0 Å². The van der Waals surface area contributed by atoms with E-state index in [2.05, 4.69) is 36.3 Å². The molecule has 1 saturated carbocycles. The Morgan fingerprint density at radius 1 is 1.31 bits per heavy atom. The van der Waals surface area contributed by atoms with Gasteiger partial charge in [0.05, 0.1) is 0 Å². The number of hydrogen-bond acceptors (Lipinski definition) is 3. The first-order valence-electron chi connectivity index (χ1n) is 6.72. The number of nitrogens with one attached hydrogen (secondary N) is 1. The van der Waals surface area contributed by atoms with Gasteiger partial charge in [0.15, 0.2) is 0 Å². The largest absolute Gasteiger partial charge is 0.311 e. The molecule has 2 rings (SSSR count). The molecule has 16 heavy (non-hydrogen) atoms. The topological polar surface area (TPSA) is 18.5 Å². The summed E-state index contributed by atoms with van der Waals surface area (Å²) >= 11 is 0. The third kappa shape index (κ3) is 2.58. The molecule has 1 atom stereocenters. The van der Waals surface area contributed by atoms with Crippen LogP contribution in [0.3, 0.4) is 0 Å². The van der Waals surface area contributed by atoms with E-state index < -0.39 is 0 Å². The van der Waals surface area contributed by atoms with Gasteiger partial charge in [-0.2, -0.15) is 0 Å². The SMILES string of the molecule is CN1CCC(NCC2(N(C)C)CCCC2)C1. The minimum absolute atomic E-state index is 0.446. The maximum atomic E-state index is 3.79.